The molecule has 21 heavy (non-hydrogen) atoms. The van der Waals surface area contributed by atoms with E-state index in [2.05, 4.69) is 20.8 Å². The van der Waals surface area contributed by atoms with Crippen LogP contribution in [0.2, 0.25) is 0 Å². The van der Waals surface area contributed by atoms with Gasteiger partial charge in [-0.25, -0.2) is 0 Å². The number of rotatable bonds is 13. The summed E-state index contributed by atoms with van der Waals surface area (Å²) in [6, 6.07) is 0. The molecular formula is C17H32O4. The van der Waals surface area contributed by atoms with Crippen molar-refractivity contribution in [1.82, 2.24) is 0 Å². The summed E-state index contributed by atoms with van der Waals surface area (Å²) in [5.41, 5.74) is 0. The van der Waals surface area contributed by atoms with E-state index in [-0.39, 0.29) is 11.9 Å². The average Bonchev–Trinajstić information content (AvgIpc) is 2.42. The van der Waals surface area contributed by atoms with Crippen LogP contribution in [-0.4, -0.2) is 25.2 Å². The lowest BCUT2D eigenvalue weighted by molar-refractivity contribution is -0.145. The van der Waals surface area contributed by atoms with Crippen molar-refractivity contribution in [3.8, 4) is 0 Å². The van der Waals surface area contributed by atoms with Crippen LogP contribution in [0.5, 0.6) is 0 Å². The smallest absolute Gasteiger partial charge is 0.305 e. The first-order valence-corrected chi connectivity index (χ1v) is 8.37. The minimum atomic E-state index is -0.219. The summed E-state index contributed by atoms with van der Waals surface area (Å²) >= 11 is 0. The Kier molecular flexibility index (Phi) is 13.2. The zero-order valence-corrected chi connectivity index (χ0v) is 14.0. The quantitative estimate of drug-likeness (QED) is 0.377. The summed E-state index contributed by atoms with van der Waals surface area (Å²) in [4.78, 5) is 22.8. The third-order valence-corrected chi connectivity index (χ3v) is 3.23. The fourth-order valence-electron chi connectivity index (χ4n) is 1.82. The van der Waals surface area contributed by atoms with Gasteiger partial charge >= 0.3 is 11.9 Å². The predicted octanol–water partition coefficient (Wildman–Crippen LogP) is 4.26. The van der Waals surface area contributed by atoms with Crippen LogP contribution in [0.3, 0.4) is 0 Å². The maximum atomic E-state index is 11.4. The van der Waals surface area contributed by atoms with E-state index in [1.54, 1.807) is 0 Å². The number of hydrogen-bond acceptors (Lipinski definition) is 4. The number of unbranched alkanes of at least 4 members (excludes halogenated alkanes) is 4. The monoisotopic (exact) mass is 300 g/mol. The van der Waals surface area contributed by atoms with Crippen molar-refractivity contribution < 1.29 is 19.1 Å². The van der Waals surface area contributed by atoms with Crippen LogP contribution in [0.1, 0.15) is 78.6 Å². The Balaban J connectivity index is 3.38. The van der Waals surface area contributed by atoms with Crippen LogP contribution in [0.15, 0.2) is 0 Å². The minimum Gasteiger partial charge on any atom is -0.466 e. The lowest BCUT2D eigenvalue weighted by Crippen LogP contribution is -2.10. The van der Waals surface area contributed by atoms with Crippen LogP contribution < -0.4 is 0 Å². The van der Waals surface area contributed by atoms with E-state index >= 15 is 0 Å². The fourth-order valence-corrected chi connectivity index (χ4v) is 1.82. The molecule has 0 atom stereocenters. The summed E-state index contributed by atoms with van der Waals surface area (Å²) < 4.78 is 10.2. The van der Waals surface area contributed by atoms with Crippen LogP contribution in [0, 0.1) is 5.92 Å². The predicted molar refractivity (Wildman–Crippen MR) is 84.0 cm³/mol. The van der Waals surface area contributed by atoms with Gasteiger partial charge in [0, 0.05) is 12.8 Å². The molecule has 0 heterocycles. The summed E-state index contributed by atoms with van der Waals surface area (Å²) in [6.07, 6.45) is 7.70. The molecule has 0 aromatic rings. The van der Waals surface area contributed by atoms with Gasteiger partial charge in [-0.2, -0.15) is 0 Å². The third-order valence-electron chi connectivity index (χ3n) is 3.23. The van der Waals surface area contributed by atoms with Gasteiger partial charge in [0.1, 0.15) is 0 Å². The van der Waals surface area contributed by atoms with Crippen molar-refractivity contribution >= 4 is 11.9 Å². The molecule has 0 aromatic heterocycles. The van der Waals surface area contributed by atoms with Gasteiger partial charge in [0.2, 0.25) is 0 Å². The Morgan fingerprint density at radius 3 is 1.95 bits per heavy atom. The average molecular weight is 300 g/mol. The zero-order chi connectivity index (χ0) is 15.9. The Morgan fingerprint density at radius 1 is 0.810 bits per heavy atom. The number of esters is 2. The normalized spacial score (nSPS) is 10.7. The van der Waals surface area contributed by atoms with Crippen molar-refractivity contribution in [2.24, 2.45) is 5.92 Å². The Hall–Kier alpha value is -1.06. The van der Waals surface area contributed by atoms with Gasteiger partial charge in [-0.3, -0.25) is 9.59 Å². The summed E-state index contributed by atoms with van der Waals surface area (Å²) in [5.74, 6) is 0.105. The Labute approximate surface area is 129 Å². The highest BCUT2D eigenvalue weighted by Crippen LogP contribution is 2.05. The maximum Gasteiger partial charge on any atom is 0.305 e. The first-order chi connectivity index (χ1) is 10.1. The van der Waals surface area contributed by atoms with E-state index in [0.29, 0.717) is 38.4 Å². The van der Waals surface area contributed by atoms with Gasteiger partial charge in [-0.15, -0.1) is 0 Å². The van der Waals surface area contributed by atoms with E-state index < -0.39 is 0 Å². The first kappa shape index (κ1) is 19.9. The van der Waals surface area contributed by atoms with Gasteiger partial charge in [0.15, 0.2) is 0 Å². The fraction of sp³-hybridized carbons (Fsp3) is 0.882. The zero-order valence-electron chi connectivity index (χ0n) is 14.0. The molecule has 0 N–H and O–H groups in total. The molecule has 4 nitrogen and oxygen atoms in total. The van der Waals surface area contributed by atoms with E-state index in [4.69, 9.17) is 9.47 Å². The van der Waals surface area contributed by atoms with Gasteiger partial charge in [0.25, 0.3) is 0 Å². The molecule has 124 valence electrons. The van der Waals surface area contributed by atoms with Crippen molar-refractivity contribution in [1.29, 1.82) is 0 Å². The minimum absolute atomic E-state index is 0.208. The molecule has 0 unspecified atom stereocenters. The van der Waals surface area contributed by atoms with Crippen LogP contribution in [-0.2, 0) is 19.1 Å². The van der Waals surface area contributed by atoms with Gasteiger partial charge in [0.05, 0.1) is 13.2 Å². The van der Waals surface area contributed by atoms with E-state index in [1.807, 2.05) is 0 Å². The molecule has 0 radical (unpaired) electrons. The lowest BCUT2D eigenvalue weighted by atomic mass is 10.1. The number of ether oxygens (including phenoxy) is 2. The summed E-state index contributed by atoms with van der Waals surface area (Å²) in [5, 5.41) is 0. The van der Waals surface area contributed by atoms with Crippen molar-refractivity contribution in [2.45, 2.75) is 78.6 Å². The van der Waals surface area contributed by atoms with Crippen LogP contribution in [0.4, 0.5) is 0 Å². The van der Waals surface area contributed by atoms with Crippen molar-refractivity contribution in [2.75, 3.05) is 13.2 Å². The molecule has 4 heteroatoms. The van der Waals surface area contributed by atoms with Gasteiger partial charge < -0.3 is 9.47 Å². The first-order valence-electron chi connectivity index (χ1n) is 8.37. The van der Waals surface area contributed by atoms with Crippen molar-refractivity contribution in [3.05, 3.63) is 0 Å². The molecule has 0 saturated carbocycles. The van der Waals surface area contributed by atoms with E-state index in [0.717, 1.165) is 19.3 Å². The molecule has 0 rings (SSSR count). The highest BCUT2D eigenvalue weighted by molar-refractivity contribution is 5.72. The second kappa shape index (κ2) is 13.9. The Bertz CT molecular complexity index is 274. The molecular weight excluding hydrogens is 268 g/mol. The van der Waals surface area contributed by atoms with E-state index in [9.17, 15) is 9.59 Å². The molecule has 0 bridgehead atoms. The molecule has 0 aliphatic rings. The maximum absolute atomic E-state index is 11.4. The molecule has 0 amide bonds. The molecule has 0 spiro atoms. The highest BCUT2D eigenvalue weighted by atomic mass is 16.5. The molecule has 0 aromatic carbocycles. The van der Waals surface area contributed by atoms with E-state index in [1.165, 1.54) is 19.3 Å². The lowest BCUT2D eigenvalue weighted by Gasteiger charge is -2.07. The molecule has 0 aliphatic heterocycles. The molecule has 0 aliphatic carbocycles. The topological polar surface area (TPSA) is 52.6 Å². The number of carbonyl (C=O) groups is 2. The van der Waals surface area contributed by atoms with Crippen LogP contribution in [0.25, 0.3) is 0 Å². The van der Waals surface area contributed by atoms with Crippen molar-refractivity contribution in [3.63, 3.8) is 0 Å². The molecule has 0 saturated heterocycles. The summed E-state index contributed by atoms with van der Waals surface area (Å²) in [6.45, 7) is 7.33. The van der Waals surface area contributed by atoms with Gasteiger partial charge in [-0.1, -0.05) is 46.5 Å². The largest absolute Gasteiger partial charge is 0.466 e. The van der Waals surface area contributed by atoms with Crippen LogP contribution >= 0.6 is 0 Å². The summed E-state index contributed by atoms with van der Waals surface area (Å²) in [7, 11) is 0. The second-order valence-corrected chi connectivity index (χ2v) is 5.89. The molecule has 0 fully saturated rings. The second-order valence-electron chi connectivity index (χ2n) is 5.89. The third kappa shape index (κ3) is 15.2. The highest BCUT2D eigenvalue weighted by Gasteiger charge is 2.07. The number of hydrogen-bond donors (Lipinski definition) is 0. The number of carbonyl (C=O) groups excluding carboxylic acids is 2. The van der Waals surface area contributed by atoms with Gasteiger partial charge in [-0.05, 0) is 25.2 Å². The Morgan fingerprint density at radius 2 is 1.38 bits per heavy atom. The SMILES string of the molecule is CCCCCCCOC(=O)CCCC(=O)OCCC(C)C. The standard InChI is InChI=1S/C17H32O4/c1-4-5-6-7-8-13-20-16(18)10-9-11-17(19)21-14-12-15(2)3/h15H,4-14H2,1-3H3.